The molecule has 7 nitrogen and oxygen atoms in total. The van der Waals surface area contributed by atoms with Crippen LogP contribution in [-0.4, -0.2) is 32.2 Å². The number of esters is 1. The quantitative estimate of drug-likeness (QED) is 0.561. The van der Waals surface area contributed by atoms with Crippen LogP contribution >= 0.6 is 11.3 Å². The van der Waals surface area contributed by atoms with E-state index in [0.29, 0.717) is 33.4 Å². The number of para-hydroxylation sites is 2. The van der Waals surface area contributed by atoms with Crippen molar-refractivity contribution in [2.24, 2.45) is 0 Å². The van der Waals surface area contributed by atoms with Crippen LogP contribution in [0.2, 0.25) is 0 Å². The first-order valence-corrected chi connectivity index (χ1v) is 10.6. The van der Waals surface area contributed by atoms with Crippen LogP contribution in [0.1, 0.15) is 39.3 Å². The fourth-order valence-electron chi connectivity index (χ4n) is 3.20. The summed E-state index contributed by atoms with van der Waals surface area (Å²) in [5.74, 6) is 1.04. The van der Waals surface area contributed by atoms with E-state index in [-0.39, 0.29) is 24.7 Å². The van der Waals surface area contributed by atoms with E-state index in [1.807, 2.05) is 24.3 Å². The van der Waals surface area contributed by atoms with Gasteiger partial charge < -0.3 is 24.3 Å². The van der Waals surface area contributed by atoms with Gasteiger partial charge >= 0.3 is 5.97 Å². The van der Waals surface area contributed by atoms with E-state index < -0.39 is 12.1 Å². The average molecular weight is 439 g/mol. The van der Waals surface area contributed by atoms with Crippen molar-refractivity contribution in [3.8, 4) is 17.2 Å². The van der Waals surface area contributed by atoms with Crippen LogP contribution in [0.25, 0.3) is 0 Å². The molecule has 3 aromatic rings. The van der Waals surface area contributed by atoms with Gasteiger partial charge in [-0.1, -0.05) is 12.1 Å². The largest absolute Gasteiger partial charge is 0.497 e. The van der Waals surface area contributed by atoms with Crippen LogP contribution in [0.5, 0.6) is 17.2 Å². The molecule has 160 valence electrons. The first-order valence-electron chi connectivity index (χ1n) is 9.73. The Hall–Kier alpha value is -3.52. The second kappa shape index (κ2) is 9.09. The zero-order chi connectivity index (χ0) is 21.8. The molecular formula is C23H21NO6S. The maximum atomic E-state index is 12.8. The summed E-state index contributed by atoms with van der Waals surface area (Å²) in [6.07, 6.45) is -0.503. The number of hydrogen-bond acceptors (Lipinski definition) is 7. The van der Waals surface area contributed by atoms with Crippen LogP contribution in [-0.2, 0) is 4.74 Å². The lowest BCUT2D eigenvalue weighted by molar-refractivity contribution is 0.0513. The summed E-state index contributed by atoms with van der Waals surface area (Å²) in [6, 6.07) is 14.1. The van der Waals surface area contributed by atoms with Crippen LogP contribution in [0.15, 0.2) is 53.9 Å². The Balaban J connectivity index is 1.62. The lowest BCUT2D eigenvalue weighted by Crippen LogP contribution is -2.24. The number of benzene rings is 2. The van der Waals surface area contributed by atoms with Gasteiger partial charge in [0.15, 0.2) is 17.6 Å². The Kier molecular flexibility index (Phi) is 6.08. The van der Waals surface area contributed by atoms with E-state index in [1.165, 1.54) is 11.3 Å². The van der Waals surface area contributed by atoms with Gasteiger partial charge in [-0.15, -0.1) is 11.3 Å². The van der Waals surface area contributed by atoms with Crippen LogP contribution < -0.4 is 19.5 Å². The van der Waals surface area contributed by atoms with Gasteiger partial charge in [0.1, 0.15) is 22.9 Å². The van der Waals surface area contributed by atoms with E-state index >= 15 is 0 Å². The molecule has 1 atom stereocenters. The third-order valence-corrected chi connectivity index (χ3v) is 5.65. The molecule has 0 bridgehead atoms. The number of nitrogens with one attached hydrogen (secondary N) is 1. The number of carbonyl (C=O) groups excluding carboxylic acids is 2. The van der Waals surface area contributed by atoms with E-state index in [0.717, 1.165) is 0 Å². The zero-order valence-corrected chi connectivity index (χ0v) is 17.9. The lowest BCUT2D eigenvalue weighted by Gasteiger charge is -2.26. The van der Waals surface area contributed by atoms with Crippen LogP contribution in [0, 0.1) is 0 Å². The Bertz CT molecular complexity index is 1090. The summed E-state index contributed by atoms with van der Waals surface area (Å²) >= 11 is 1.24. The van der Waals surface area contributed by atoms with Crippen LogP contribution in [0.4, 0.5) is 5.00 Å². The second-order valence-electron chi connectivity index (χ2n) is 6.66. The first kappa shape index (κ1) is 20.7. The maximum Gasteiger partial charge on any atom is 0.341 e. The number of carbonyl (C=O) groups is 2. The molecule has 1 N–H and O–H groups in total. The van der Waals surface area contributed by atoms with Gasteiger partial charge in [-0.3, -0.25) is 4.79 Å². The standard InChI is InChI=1S/C23H21NO6S/c1-3-28-23(26)20-16(19-12-29-17-6-4-5-7-18(17)30-19)13-31-22(20)24-21(25)14-8-10-15(27-2)11-9-14/h4-11,13,19H,3,12H2,1-2H3,(H,24,25). The minimum absolute atomic E-state index is 0.213. The Morgan fingerprint density at radius 2 is 1.87 bits per heavy atom. The number of thiophene rings is 1. The molecule has 0 saturated carbocycles. The van der Waals surface area contributed by atoms with Crippen molar-refractivity contribution in [2.45, 2.75) is 13.0 Å². The monoisotopic (exact) mass is 439 g/mol. The van der Waals surface area contributed by atoms with Gasteiger partial charge in [-0.05, 0) is 43.3 Å². The molecule has 0 radical (unpaired) electrons. The van der Waals surface area contributed by atoms with Crippen molar-refractivity contribution in [1.82, 2.24) is 0 Å². The Labute approximate surface area is 183 Å². The van der Waals surface area contributed by atoms with E-state index in [2.05, 4.69) is 5.32 Å². The highest BCUT2D eigenvalue weighted by molar-refractivity contribution is 7.15. The minimum atomic E-state index is -0.522. The van der Waals surface area contributed by atoms with Gasteiger partial charge in [0.2, 0.25) is 0 Å². The predicted octanol–water partition coefficient (Wildman–Crippen LogP) is 4.70. The Morgan fingerprint density at radius 1 is 1.13 bits per heavy atom. The smallest absolute Gasteiger partial charge is 0.341 e. The fourth-order valence-corrected chi connectivity index (χ4v) is 4.19. The number of ether oxygens (including phenoxy) is 4. The SMILES string of the molecule is CCOC(=O)c1c(C2COc3ccccc3O2)csc1NC(=O)c1ccc(OC)cc1. The Morgan fingerprint density at radius 3 is 2.58 bits per heavy atom. The third kappa shape index (κ3) is 4.34. The number of fused-ring (bicyclic) bond motifs is 1. The predicted molar refractivity (Wildman–Crippen MR) is 117 cm³/mol. The molecule has 0 spiro atoms. The zero-order valence-electron chi connectivity index (χ0n) is 17.0. The van der Waals surface area contributed by atoms with Gasteiger partial charge in [-0.25, -0.2) is 4.79 Å². The molecule has 0 saturated heterocycles. The molecule has 2 heterocycles. The van der Waals surface area contributed by atoms with Gasteiger partial charge in [0.25, 0.3) is 5.91 Å². The summed E-state index contributed by atoms with van der Waals surface area (Å²) in [6.45, 7) is 2.19. The molecule has 1 aliphatic heterocycles. The summed E-state index contributed by atoms with van der Waals surface area (Å²) in [4.78, 5) is 25.5. The molecule has 8 heteroatoms. The topological polar surface area (TPSA) is 83.1 Å². The summed E-state index contributed by atoms with van der Waals surface area (Å²) in [5.41, 5.74) is 1.33. The molecule has 0 aliphatic carbocycles. The highest BCUT2D eigenvalue weighted by Gasteiger charge is 2.31. The molecule has 1 unspecified atom stereocenters. The molecule has 1 amide bonds. The summed E-state index contributed by atoms with van der Waals surface area (Å²) in [5, 5.41) is 5.01. The molecule has 31 heavy (non-hydrogen) atoms. The van der Waals surface area contributed by atoms with Crippen molar-refractivity contribution in [3.05, 3.63) is 70.6 Å². The van der Waals surface area contributed by atoms with E-state index in [1.54, 1.807) is 43.7 Å². The lowest BCUT2D eigenvalue weighted by atomic mass is 10.1. The average Bonchev–Trinajstić information content (AvgIpc) is 3.22. The van der Waals surface area contributed by atoms with E-state index in [9.17, 15) is 9.59 Å². The number of rotatable bonds is 6. The minimum Gasteiger partial charge on any atom is -0.497 e. The van der Waals surface area contributed by atoms with Crippen LogP contribution in [0.3, 0.4) is 0 Å². The summed E-state index contributed by atoms with van der Waals surface area (Å²) in [7, 11) is 1.56. The maximum absolute atomic E-state index is 12.8. The molecule has 1 aliphatic rings. The van der Waals surface area contributed by atoms with Crippen molar-refractivity contribution in [3.63, 3.8) is 0 Å². The number of hydrogen-bond donors (Lipinski definition) is 1. The highest BCUT2D eigenvalue weighted by Crippen LogP contribution is 2.40. The highest BCUT2D eigenvalue weighted by atomic mass is 32.1. The first-order chi connectivity index (χ1) is 15.1. The molecule has 0 fully saturated rings. The molecule has 2 aromatic carbocycles. The van der Waals surface area contributed by atoms with Crippen molar-refractivity contribution < 1.29 is 28.5 Å². The van der Waals surface area contributed by atoms with Gasteiger partial charge in [0.05, 0.1) is 13.7 Å². The third-order valence-electron chi connectivity index (χ3n) is 4.73. The molecule has 1 aromatic heterocycles. The van der Waals surface area contributed by atoms with Crippen molar-refractivity contribution in [2.75, 3.05) is 25.6 Å². The summed E-state index contributed by atoms with van der Waals surface area (Å²) < 4.78 is 22.2. The van der Waals surface area contributed by atoms with Gasteiger partial charge in [-0.2, -0.15) is 0 Å². The van der Waals surface area contributed by atoms with Crippen molar-refractivity contribution >= 4 is 28.2 Å². The normalized spacial score (nSPS) is 14.6. The number of anilines is 1. The number of amides is 1. The van der Waals surface area contributed by atoms with Gasteiger partial charge in [0, 0.05) is 16.5 Å². The fraction of sp³-hybridized carbons (Fsp3) is 0.217. The van der Waals surface area contributed by atoms with Crippen molar-refractivity contribution in [1.29, 1.82) is 0 Å². The second-order valence-corrected chi connectivity index (χ2v) is 7.54. The molecular weight excluding hydrogens is 418 g/mol. The van der Waals surface area contributed by atoms with E-state index in [4.69, 9.17) is 18.9 Å². The number of methoxy groups -OCH3 is 1. The molecule has 4 rings (SSSR count).